The first-order chi connectivity index (χ1) is 24.2. The van der Waals surface area contributed by atoms with Gasteiger partial charge < -0.3 is 30.9 Å². The largest absolute Gasteiger partial charge is 0.481 e. The molecule has 4 N–H and O–H groups in total. The van der Waals surface area contributed by atoms with Gasteiger partial charge in [0.05, 0.1) is 28.5 Å². The fourth-order valence-electron chi connectivity index (χ4n) is 6.41. The minimum Gasteiger partial charge on any atom is -0.481 e. The summed E-state index contributed by atoms with van der Waals surface area (Å²) in [7, 11) is 1.58. The number of likely N-dealkylation sites (tertiary alicyclic amines) is 1. The van der Waals surface area contributed by atoms with Crippen LogP contribution in [-0.4, -0.2) is 65.5 Å². The highest BCUT2D eigenvalue weighted by Crippen LogP contribution is 2.41. The average Bonchev–Trinajstić information content (AvgIpc) is 3.54. The molecule has 2 saturated heterocycles. The molecule has 50 heavy (non-hydrogen) atoms. The summed E-state index contributed by atoms with van der Waals surface area (Å²) in [5, 5.41) is 13.6. The van der Waals surface area contributed by atoms with Crippen LogP contribution in [0.1, 0.15) is 43.7 Å². The molecule has 2 fully saturated rings. The van der Waals surface area contributed by atoms with Gasteiger partial charge in [-0.1, -0.05) is 59.6 Å². The normalized spacial score (nSPS) is 16.4. The maximum Gasteiger partial charge on any atom is 0.220 e. The second-order valence-corrected chi connectivity index (χ2v) is 13.3. The van der Waals surface area contributed by atoms with Crippen molar-refractivity contribution in [1.29, 1.82) is 0 Å². The van der Waals surface area contributed by atoms with Gasteiger partial charge in [-0.05, 0) is 37.5 Å². The molecule has 10 nitrogen and oxygen atoms in total. The zero-order valence-corrected chi connectivity index (χ0v) is 29.5. The van der Waals surface area contributed by atoms with E-state index in [4.69, 9.17) is 32.9 Å². The highest BCUT2D eigenvalue weighted by Gasteiger charge is 2.23. The maximum atomic E-state index is 15.7. The van der Waals surface area contributed by atoms with Crippen LogP contribution in [0.4, 0.5) is 15.9 Å². The number of amides is 2. The van der Waals surface area contributed by atoms with E-state index < -0.39 is 5.82 Å². The summed E-state index contributed by atoms with van der Waals surface area (Å²) in [6, 6.07) is 16.7. The van der Waals surface area contributed by atoms with E-state index in [1.807, 2.05) is 35.2 Å². The number of nitrogens with zero attached hydrogens (tertiary/aromatic N) is 3. The van der Waals surface area contributed by atoms with Gasteiger partial charge in [-0.3, -0.25) is 9.59 Å². The van der Waals surface area contributed by atoms with Gasteiger partial charge in [0.2, 0.25) is 17.7 Å². The lowest BCUT2D eigenvalue weighted by atomic mass is 10.0. The number of piperidine rings is 1. The quantitative estimate of drug-likeness (QED) is 0.131. The van der Waals surface area contributed by atoms with Gasteiger partial charge in [0, 0.05) is 92.2 Å². The number of hydrogen-bond donors (Lipinski definition) is 4. The third kappa shape index (κ3) is 8.18. The zero-order chi connectivity index (χ0) is 35.2. The molecule has 0 unspecified atom stereocenters. The number of aromatic nitrogens is 2. The van der Waals surface area contributed by atoms with E-state index >= 15 is 4.39 Å². The lowest BCUT2D eigenvalue weighted by Crippen LogP contribution is -2.44. The van der Waals surface area contributed by atoms with Crippen LogP contribution in [0.15, 0.2) is 60.8 Å². The van der Waals surface area contributed by atoms with Crippen LogP contribution in [0.2, 0.25) is 10.0 Å². The molecule has 13 heteroatoms. The summed E-state index contributed by atoms with van der Waals surface area (Å²) in [4.78, 5) is 34.1. The van der Waals surface area contributed by atoms with Crippen LogP contribution < -0.4 is 26.0 Å². The molecule has 0 spiro atoms. The van der Waals surface area contributed by atoms with Crippen LogP contribution >= 0.6 is 23.2 Å². The fourth-order valence-corrected chi connectivity index (χ4v) is 7.00. The van der Waals surface area contributed by atoms with Crippen molar-refractivity contribution in [3.05, 3.63) is 87.8 Å². The highest BCUT2D eigenvalue weighted by molar-refractivity contribution is 6.39. The Morgan fingerprint density at radius 3 is 2.48 bits per heavy atom. The van der Waals surface area contributed by atoms with E-state index in [2.05, 4.69) is 26.3 Å². The third-order valence-electron chi connectivity index (χ3n) is 9.23. The summed E-state index contributed by atoms with van der Waals surface area (Å²) in [5.41, 5.74) is 4.25. The molecular weight excluding hydrogens is 680 g/mol. The molecule has 262 valence electrons. The van der Waals surface area contributed by atoms with Crippen molar-refractivity contribution in [2.75, 3.05) is 32.1 Å². The number of ether oxygens (including phenoxy) is 1. The van der Waals surface area contributed by atoms with E-state index in [0.29, 0.717) is 83.8 Å². The summed E-state index contributed by atoms with van der Waals surface area (Å²) in [5.74, 6) is 0.537. The number of halogens is 3. The molecule has 2 aliphatic rings. The van der Waals surface area contributed by atoms with Gasteiger partial charge in [0.25, 0.3) is 0 Å². The second-order valence-electron chi connectivity index (χ2n) is 12.6. The Morgan fingerprint density at radius 1 is 0.980 bits per heavy atom. The number of carbonyl (C=O) groups is 2. The van der Waals surface area contributed by atoms with Crippen LogP contribution in [0.3, 0.4) is 0 Å². The van der Waals surface area contributed by atoms with Crippen molar-refractivity contribution >= 4 is 46.5 Å². The van der Waals surface area contributed by atoms with Gasteiger partial charge in [0.1, 0.15) is 5.82 Å². The summed E-state index contributed by atoms with van der Waals surface area (Å²) >= 11 is 13.9. The molecule has 4 heterocycles. The molecular formula is C37H40Cl2FN7O3. The van der Waals surface area contributed by atoms with E-state index in [-0.39, 0.29) is 34.6 Å². The molecule has 6 rings (SSSR count). The molecule has 1 atom stereocenters. The smallest absolute Gasteiger partial charge is 0.220 e. The first kappa shape index (κ1) is 35.5. The standard InChI is InChI=1S/C37H40Cl2FN7O3/c1-22(48)47-17-14-25(15-18-47)43-20-23-5-3-8-31(35(23)40)45-36-34(39)28(13-16-42-36)27-6-4-7-29(33(27)38)30-11-9-24(37(46-30)50-2)19-41-21-26-10-12-32(49)44-26/h3-9,11,13,16,25-26,41,43H,10,12,14-15,17-21H2,1-2H3,(H,42,45)(H,44,49)/t26-/m0/s1. The predicted octanol–water partition coefficient (Wildman–Crippen LogP) is 6.48. The van der Waals surface area contributed by atoms with Crippen molar-refractivity contribution < 1.29 is 18.7 Å². The number of carbonyl (C=O) groups excluding carboxylic acids is 2. The minimum absolute atomic E-state index is 0.0839. The molecule has 0 radical (unpaired) electrons. The number of rotatable bonds is 12. The predicted molar refractivity (Wildman–Crippen MR) is 194 cm³/mol. The fraction of sp³-hybridized carbons (Fsp3) is 0.351. The van der Waals surface area contributed by atoms with Gasteiger partial charge in [-0.25, -0.2) is 14.4 Å². The molecule has 2 aliphatic heterocycles. The van der Waals surface area contributed by atoms with Crippen molar-refractivity contribution in [1.82, 2.24) is 30.8 Å². The van der Waals surface area contributed by atoms with E-state index in [9.17, 15) is 9.59 Å². The van der Waals surface area contributed by atoms with Gasteiger partial charge in [0.15, 0.2) is 5.82 Å². The molecule has 0 saturated carbocycles. The van der Waals surface area contributed by atoms with E-state index in [1.165, 1.54) is 0 Å². The summed E-state index contributed by atoms with van der Waals surface area (Å²) < 4.78 is 21.3. The van der Waals surface area contributed by atoms with Crippen LogP contribution in [0.25, 0.3) is 22.4 Å². The number of hydrogen-bond acceptors (Lipinski definition) is 8. The lowest BCUT2D eigenvalue weighted by molar-refractivity contribution is -0.130. The van der Waals surface area contributed by atoms with Crippen LogP contribution in [0.5, 0.6) is 5.88 Å². The molecule has 4 aromatic rings. The average molecular weight is 721 g/mol. The Hall–Kier alpha value is -4.29. The van der Waals surface area contributed by atoms with E-state index in [1.54, 1.807) is 44.5 Å². The SMILES string of the molecule is COc1nc(-c2cccc(-c3ccnc(Nc4cccc(CNC5CCN(C(C)=O)CC5)c4F)c3Cl)c2Cl)ccc1CNC[C@@H]1CCC(=O)N1. The Kier molecular flexibility index (Phi) is 11.5. The van der Waals surface area contributed by atoms with Crippen LogP contribution in [0, 0.1) is 5.82 Å². The van der Waals surface area contributed by atoms with Crippen molar-refractivity contribution in [2.45, 2.75) is 57.8 Å². The van der Waals surface area contributed by atoms with Gasteiger partial charge >= 0.3 is 0 Å². The van der Waals surface area contributed by atoms with Crippen LogP contribution in [-0.2, 0) is 22.7 Å². The number of methoxy groups -OCH3 is 1. The molecule has 0 aliphatic carbocycles. The monoisotopic (exact) mass is 719 g/mol. The van der Waals surface area contributed by atoms with Gasteiger partial charge in [-0.2, -0.15) is 0 Å². The number of pyridine rings is 2. The molecule has 2 aromatic carbocycles. The zero-order valence-electron chi connectivity index (χ0n) is 28.0. The summed E-state index contributed by atoms with van der Waals surface area (Å²) in [6.45, 7) is 4.52. The first-order valence-electron chi connectivity index (χ1n) is 16.7. The first-order valence-corrected chi connectivity index (χ1v) is 17.5. The van der Waals surface area contributed by atoms with Crippen molar-refractivity contribution in [2.24, 2.45) is 0 Å². The molecule has 2 aromatic heterocycles. The molecule has 2 amide bonds. The lowest BCUT2D eigenvalue weighted by Gasteiger charge is -2.31. The Balaban J connectivity index is 1.16. The molecule has 0 bridgehead atoms. The number of nitrogens with one attached hydrogen (secondary N) is 4. The Morgan fingerprint density at radius 2 is 1.74 bits per heavy atom. The topological polar surface area (TPSA) is 121 Å². The third-order valence-corrected chi connectivity index (χ3v) is 10.0. The second kappa shape index (κ2) is 16.2. The maximum absolute atomic E-state index is 15.7. The van der Waals surface area contributed by atoms with E-state index in [0.717, 1.165) is 24.8 Å². The number of anilines is 2. The van der Waals surface area contributed by atoms with Crippen molar-refractivity contribution in [3.8, 4) is 28.3 Å². The highest BCUT2D eigenvalue weighted by atomic mass is 35.5. The summed E-state index contributed by atoms with van der Waals surface area (Å²) in [6.07, 6.45) is 4.63. The Labute approximate surface area is 301 Å². The van der Waals surface area contributed by atoms with Gasteiger partial charge in [-0.15, -0.1) is 0 Å². The van der Waals surface area contributed by atoms with Crippen molar-refractivity contribution in [3.63, 3.8) is 0 Å². The number of benzene rings is 2. The Bertz CT molecular complexity index is 1870. The minimum atomic E-state index is -0.395.